The fraction of sp³-hybridized carbons (Fsp3) is 0.111. The van der Waals surface area contributed by atoms with Crippen molar-refractivity contribution in [1.29, 1.82) is 0 Å². The van der Waals surface area contributed by atoms with E-state index in [4.69, 9.17) is 16.3 Å². The van der Waals surface area contributed by atoms with Gasteiger partial charge in [0.2, 0.25) is 5.91 Å². The third kappa shape index (κ3) is 3.75. The van der Waals surface area contributed by atoms with Crippen LogP contribution < -0.4 is 15.4 Å². The molecular formula is C18H15ClN2O3S. The summed E-state index contributed by atoms with van der Waals surface area (Å²) in [5.74, 6) is -0.175. The first-order valence-corrected chi connectivity index (χ1v) is 8.67. The van der Waals surface area contributed by atoms with E-state index in [2.05, 4.69) is 10.6 Å². The standard InChI is InChI=1S/C18H15ClN2O3S/c1-24-13-8-4-3-7-12(13)21-15(22)10-20-18(23)17-16(19)11-6-2-5-9-14(11)25-17/h2-9H,10H2,1H3,(H,20,23)(H,21,22). The van der Waals surface area contributed by atoms with Crippen LogP contribution in [0.5, 0.6) is 5.75 Å². The van der Waals surface area contributed by atoms with Crippen molar-refractivity contribution in [3.8, 4) is 5.75 Å². The van der Waals surface area contributed by atoms with Crippen molar-refractivity contribution in [3.05, 3.63) is 58.4 Å². The third-order valence-electron chi connectivity index (χ3n) is 3.53. The maximum Gasteiger partial charge on any atom is 0.263 e. The topological polar surface area (TPSA) is 67.4 Å². The highest BCUT2D eigenvalue weighted by Crippen LogP contribution is 2.34. The van der Waals surface area contributed by atoms with Gasteiger partial charge >= 0.3 is 0 Å². The average molecular weight is 375 g/mol. The molecule has 7 heteroatoms. The largest absolute Gasteiger partial charge is 0.495 e. The molecule has 0 radical (unpaired) electrons. The van der Waals surface area contributed by atoms with Crippen LogP contribution in [0, 0.1) is 0 Å². The zero-order valence-electron chi connectivity index (χ0n) is 13.3. The number of carbonyl (C=O) groups excluding carboxylic acids is 2. The Bertz CT molecular complexity index is 939. The summed E-state index contributed by atoms with van der Waals surface area (Å²) < 4.78 is 6.10. The Labute approximate surface area is 153 Å². The van der Waals surface area contributed by atoms with Gasteiger partial charge in [-0.3, -0.25) is 9.59 Å². The highest BCUT2D eigenvalue weighted by Gasteiger charge is 2.17. The van der Waals surface area contributed by atoms with Gasteiger partial charge in [0.15, 0.2) is 0 Å². The van der Waals surface area contributed by atoms with Crippen LogP contribution in [-0.4, -0.2) is 25.5 Å². The van der Waals surface area contributed by atoms with E-state index < -0.39 is 0 Å². The van der Waals surface area contributed by atoms with E-state index in [-0.39, 0.29) is 18.4 Å². The van der Waals surface area contributed by atoms with Gasteiger partial charge < -0.3 is 15.4 Å². The molecule has 0 saturated carbocycles. The van der Waals surface area contributed by atoms with Crippen LogP contribution in [0.4, 0.5) is 5.69 Å². The monoisotopic (exact) mass is 374 g/mol. The summed E-state index contributed by atoms with van der Waals surface area (Å²) in [7, 11) is 1.52. The van der Waals surface area contributed by atoms with Gasteiger partial charge in [-0.15, -0.1) is 11.3 Å². The van der Waals surface area contributed by atoms with E-state index >= 15 is 0 Å². The van der Waals surface area contributed by atoms with Crippen molar-refractivity contribution in [2.75, 3.05) is 19.0 Å². The molecule has 0 spiro atoms. The van der Waals surface area contributed by atoms with Gasteiger partial charge in [-0.25, -0.2) is 0 Å². The molecule has 5 nitrogen and oxygen atoms in total. The second-order valence-electron chi connectivity index (χ2n) is 5.17. The number of ether oxygens (including phenoxy) is 1. The molecule has 128 valence electrons. The smallest absolute Gasteiger partial charge is 0.263 e. The summed E-state index contributed by atoms with van der Waals surface area (Å²) in [6, 6.07) is 14.6. The number of fused-ring (bicyclic) bond motifs is 1. The number of benzene rings is 2. The number of anilines is 1. The van der Waals surface area contributed by atoms with Crippen molar-refractivity contribution in [2.24, 2.45) is 0 Å². The molecule has 3 aromatic rings. The zero-order valence-corrected chi connectivity index (χ0v) is 14.9. The molecule has 0 saturated heterocycles. The van der Waals surface area contributed by atoms with E-state index in [1.54, 1.807) is 24.3 Å². The van der Waals surface area contributed by atoms with E-state index in [1.807, 2.05) is 24.3 Å². The Morgan fingerprint density at radius 2 is 1.84 bits per heavy atom. The van der Waals surface area contributed by atoms with Crippen LogP contribution in [0.3, 0.4) is 0 Å². The molecule has 0 unspecified atom stereocenters. The Kier molecular flexibility index (Phi) is 5.21. The van der Waals surface area contributed by atoms with E-state index in [1.165, 1.54) is 18.4 Å². The minimum atomic E-state index is -0.374. The van der Waals surface area contributed by atoms with Crippen LogP contribution in [0.1, 0.15) is 9.67 Å². The number of methoxy groups -OCH3 is 1. The lowest BCUT2D eigenvalue weighted by Gasteiger charge is -2.10. The van der Waals surface area contributed by atoms with Crippen LogP contribution in [0.25, 0.3) is 10.1 Å². The molecule has 1 heterocycles. The lowest BCUT2D eigenvalue weighted by molar-refractivity contribution is -0.115. The van der Waals surface area contributed by atoms with Crippen LogP contribution in [0.15, 0.2) is 48.5 Å². The molecule has 25 heavy (non-hydrogen) atoms. The first-order chi connectivity index (χ1) is 12.1. The lowest BCUT2D eigenvalue weighted by Crippen LogP contribution is -2.32. The fourth-order valence-electron chi connectivity index (χ4n) is 2.34. The summed E-state index contributed by atoms with van der Waals surface area (Å²) in [6.45, 7) is -0.165. The van der Waals surface area contributed by atoms with E-state index in [9.17, 15) is 9.59 Å². The van der Waals surface area contributed by atoms with Gasteiger partial charge in [-0.1, -0.05) is 41.9 Å². The number of rotatable bonds is 5. The molecule has 3 rings (SSSR count). The van der Waals surface area contributed by atoms with Gasteiger partial charge in [0.1, 0.15) is 10.6 Å². The van der Waals surface area contributed by atoms with Gasteiger partial charge in [0, 0.05) is 10.1 Å². The number of hydrogen-bond donors (Lipinski definition) is 2. The first-order valence-electron chi connectivity index (χ1n) is 7.48. The molecule has 2 aromatic carbocycles. The Balaban J connectivity index is 1.65. The second kappa shape index (κ2) is 7.55. The summed E-state index contributed by atoms with van der Waals surface area (Å²) in [6.07, 6.45) is 0. The number of halogens is 1. The zero-order chi connectivity index (χ0) is 17.8. The quantitative estimate of drug-likeness (QED) is 0.711. The van der Waals surface area contributed by atoms with E-state index in [0.717, 1.165) is 10.1 Å². The van der Waals surface area contributed by atoms with Crippen molar-refractivity contribution in [3.63, 3.8) is 0 Å². The third-order valence-corrected chi connectivity index (χ3v) is 5.21. The predicted molar refractivity (Wildman–Crippen MR) is 101 cm³/mol. The number of nitrogens with one attached hydrogen (secondary N) is 2. The molecule has 0 aliphatic carbocycles. The molecule has 1 aromatic heterocycles. The summed E-state index contributed by atoms with van der Waals surface area (Å²) in [4.78, 5) is 24.8. The van der Waals surface area contributed by atoms with E-state index in [0.29, 0.717) is 21.3 Å². The van der Waals surface area contributed by atoms with Gasteiger partial charge in [0.05, 0.1) is 24.4 Å². The molecule has 0 aliphatic heterocycles. The summed E-state index contributed by atoms with van der Waals surface area (Å²) in [5, 5.41) is 6.53. The molecule has 0 atom stereocenters. The highest BCUT2D eigenvalue weighted by atomic mass is 35.5. The summed E-state index contributed by atoms with van der Waals surface area (Å²) >= 11 is 7.57. The molecule has 0 aliphatic rings. The first kappa shape index (κ1) is 17.3. The van der Waals surface area contributed by atoms with Gasteiger partial charge in [-0.05, 0) is 18.2 Å². The molecular weight excluding hydrogens is 360 g/mol. The van der Waals surface area contributed by atoms with Gasteiger partial charge in [-0.2, -0.15) is 0 Å². The number of hydrogen-bond acceptors (Lipinski definition) is 4. The lowest BCUT2D eigenvalue weighted by atomic mass is 10.2. The normalized spacial score (nSPS) is 10.5. The Morgan fingerprint density at radius 1 is 1.12 bits per heavy atom. The average Bonchev–Trinajstić information content (AvgIpc) is 2.97. The fourth-order valence-corrected chi connectivity index (χ4v) is 3.78. The molecule has 0 bridgehead atoms. The molecule has 0 fully saturated rings. The maximum atomic E-state index is 12.3. The number of carbonyl (C=O) groups is 2. The number of thiophene rings is 1. The van der Waals surface area contributed by atoms with Crippen LogP contribution in [0.2, 0.25) is 5.02 Å². The van der Waals surface area contributed by atoms with Crippen molar-refractivity contribution >= 4 is 50.5 Å². The molecule has 2 N–H and O–H groups in total. The molecule has 2 amide bonds. The summed E-state index contributed by atoms with van der Waals surface area (Å²) in [5.41, 5.74) is 0.546. The predicted octanol–water partition coefficient (Wildman–Crippen LogP) is 3.93. The minimum Gasteiger partial charge on any atom is -0.495 e. The van der Waals surface area contributed by atoms with Crippen molar-refractivity contribution < 1.29 is 14.3 Å². The number of amides is 2. The Morgan fingerprint density at radius 3 is 2.60 bits per heavy atom. The van der Waals surface area contributed by atoms with Gasteiger partial charge in [0.25, 0.3) is 5.91 Å². The second-order valence-corrected chi connectivity index (χ2v) is 6.60. The van der Waals surface area contributed by atoms with Crippen LogP contribution >= 0.6 is 22.9 Å². The SMILES string of the molecule is COc1ccccc1NC(=O)CNC(=O)c1sc2ccccc2c1Cl. The minimum absolute atomic E-state index is 0.165. The van der Waals surface area contributed by atoms with Crippen molar-refractivity contribution in [2.45, 2.75) is 0 Å². The van der Waals surface area contributed by atoms with Crippen molar-refractivity contribution in [1.82, 2.24) is 5.32 Å². The highest BCUT2D eigenvalue weighted by molar-refractivity contribution is 7.21. The van der Waals surface area contributed by atoms with Crippen LogP contribution in [-0.2, 0) is 4.79 Å². The number of para-hydroxylation sites is 2. The Hall–Kier alpha value is -2.57. The maximum absolute atomic E-state index is 12.3.